The Morgan fingerprint density at radius 3 is 0.926 bits per heavy atom. The van der Waals surface area contributed by atoms with Gasteiger partial charge >= 0.3 is 0 Å². The summed E-state index contributed by atoms with van der Waals surface area (Å²) in [5, 5.41) is 6.68. The molecule has 0 spiro atoms. The zero-order chi connectivity index (χ0) is 74.0. The zero-order valence-corrected chi connectivity index (χ0v) is 57.4. The third-order valence-corrected chi connectivity index (χ3v) is 22.0. The standard InChI is InChI=1S/C96H58F10N2/c1-3-55-35-39-57(40-36-55)53-95(83-85(97)89(101)93(105)90(102)86(83)98)75-31-15-13-27-69(75)71-45-43-61(51-77(71)95)107(79-33-17-21-59-19-5-7-23-63(59)79)81-49-47-67(65-25-9-11-29-73(65)81)68-48-50-82(74-30-12-10-26-66(68)74)108(80-34-18-22-60-20-6-8-24-64(60)80)62-44-46-72-70-28-14-16-32-76(70)96(78(72)52-62,54-58-41-37-56(4-2)38-42-58)84-87(99)91(103)94(106)92(104)88(84)100/h3-52H,1-2,53-54H2. The van der Waals surface area contributed by atoms with Crippen LogP contribution in [0, 0.1) is 58.2 Å². The van der Waals surface area contributed by atoms with Crippen molar-refractivity contribution in [3.8, 4) is 33.4 Å². The third kappa shape index (κ3) is 10.1. The average molecular weight is 1430 g/mol. The summed E-state index contributed by atoms with van der Waals surface area (Å²) in [6.45, 7) is 7.80. The van der Waals surface area contributed by atoms with Crippen molar-refractivity contribution >= 4 is 89.4 Å². The van der Waals surface area contributed by atoms with Gasteiger partial charge in [0.05, 0.1) is 33.6 Å². The maximum absolute atomic E-state index is 17.3. The maximum Gasteiger partial charge on any atom is 0.200 e. The van der Waals surface area contributed by atoms with Crippen molar-refractivity contribution in [2.24, 2.45) is 0 Å². The summed E-state index contributed by atoms with van der Waals surface area (Å²) in [7, 11) is 0. The zero-order valence-electron chi connectivity index (χ0n) is 57.4. The lowest BCUT2D eigenvalue weighted by atomic mass is 9.68. The summed E-state index contributed by atoms with van der Waals surface area (Å²) < 4.78 is 164. The van der Waals surface area contributed by atoms with Crippen LogP contribution in [0.4, 0.5) is 78.0 Å². The first-order valence-corrected chi connectivity index (χ1v) is 35.2. The Morgan fingerprint density at radius 1 is 0.250 bits per heavy atom. The Morgan fingerprint density at radius 2 is 0.546 bits per heavy atom. The molecule has 2 aliphatic rings. The summed E-state index contributed by atoms with van der Waals surface area (Å²) in [6.07, 6.45) is 2.87. The van der Waals surface area contributed by atoms with E-state index in [1.165, 1.54) is 0 Å². The monoisotopic (exact) mass is 1430 g/mol. The molecule has 2 unspecified atom stereocenters. The van der Waals surface area contributed by atoms with Gasteiger partial charge in [0.15, 0.2) is 46.5 Å². The van der Waals surface area contributed by atoms with Crippen molar-refractivity contribution in [1.82, 2.24) is 0 Å². The Bertz CT molecular complexity index is 6010. The summed E-state index contributed by atoms with van der Waals surface area (Å²) >= 11 is 0. The van der Waals surface area contributed by atoms with Crippen molar-refractivity contribution in [2.45, 2.75) is 23.7 Å². The molecule has 0 aliphatic heterocycles. The molecule has 0 radical (unpaired) electrons. The fraction of sp³-hybridized carbons (Fsp3) is 0.0417. The van der Waals surface area contributed by atoms with Crippen LogP contribution in [0.5, 0.6) is 0 Å². The predicted molar refractivity (Wildman–Crippen MR) is 415 cm³/mol. The second-order valence-corrected chi connectivity index (χ2v) is 27.5. The molecule has 12 heteroatoms. The Hall–Kier alpha value is -13.1. The van der Waals surface area contributed by atoms with E-state index in [-0.39, 0.29) is 12.8 Å². The Kier molecular flexibility index (Phi) is 16.0. The highest BCUT2D eigenvalue weighted by Crippen LogP contribution is 2.61. The Balaban J connectivity index is 0.847. The highest BCUT2D eigenvalue weighted by molar-refractivity contribution is 6.15. The molecule has 16 aromatic carbocycles. The molecule has 2 nitrogen and oxygen atoms in total. The van der Waals surface area contributed by atoms with Crippen molar-refractivity contribution in [1.29, 1.82) is 0 Å². The van der Waals surface area contributed by atoms with Gasteiger partial charge in [0.1, 0.15) is 0 Å². The lowest BCUT2D eigenvalue weighted by molar-refractivity contribution is 0.357. The minimum atomic E-state index is -2.26. The molecule has 16 aromatic rings. The number of rotatable bonds is 15. The predicted octanol–water partition coefficient (Wildman–Crippen LogP) is 26.7. The number of nitrogens with zero attached hydrogens (tertiary/aromatic N) is 2. The van der Waals surface area contributed by atoms with E-state index in [1.807, 2.05) is 182 Å². The molecule has 0 saturated heterocycles. The van der Waals surface area contributed by atoms with Gasteiger partial charge in [-0.1, -0.05) is 268 Å². The summed E-state index contributed by atoms with van der Waals surface area (Å²) in [5.74, 6) is -20.5. The molecule has 0 bridgehead atoms. The number of halogens is 10. The van der Waals surface area contributed by atoms with Gasteiger partial charge in [-0.3, -0.25) is 0 Å². The van der Waals surface area contributed by atoms with Crippen molar-refractivity contribution in [2.75, 3.05) is 9.80 Å². The van der Waals surface area contributed by atoms with Gasteiger partial charge < -0.3 is 9.80 Å². The van der Waals surface area contributed by atoms with E-state index in [0.29, 0.717) is 89.8 Å². The smallest absolute Gasteiger partial charge is 0.200 e. The number of benzene rings is 16. The van der Waals surface area contributed by atoms with Crippen LogP contribution in [-0.2, 0) is 23.7 Å². The molecule has 0 heterocycles. The molecule has 0 aromatic heterocycles. The molecular weight excluding hydrogens is 1370 g/mol. The second kappa shape index (κ2) is 25.9. The molecule has 0 saturated carbocycles. The first-order chi connectivity index (χ1) is 52.6. The fourth-order valence-corrected chi connectivity index (χ4v) is 17.2. The second-order valence-electron chi connectivity index (χ2n) is 27.5. The number of hydrogen-bond donors (Lipinski definition) is 0. The van der Waals surface area contributed by atoms with Gasteiger partial charge in [0.25, 0.3) is 0 Å². The van der Waals surface area contributed by atoms with Crippen LogP contribution < -0.4 is 9.80 Å². The molecule has 2 aliphatic carbocycles. The normalized spacial score (nSPS) is 14.8. The van der Waals surface area contributed by atoms with Crippen molar-refractivity contribution in [3.05, 3.63) is 418 Å². The van der Waals surface area contributed by atoms with Gasteiger partial charge in [-0.05, 0) is 161 Å². The highest BCUT2D eigenvalue weighted by Gasteiger charge is 2.52. The van der Waals surface area contributed by atoms with E-state index < -0.39 is 80.1 Å². The summed E-state index contributed by atoms with van der Waals surface area (Å²) in [5.41, 5.74) is 5.66. The van der Waals surface area contributed by atoms with E-state index in [0.717, 1.165) is 65.3 Å². The van der Waals surface area contributed by atoms with Crippen LogP contribution >= 0.6 is 0 Å². The lowest BCUT2D eigenvalue weighted by Gasteiger charge is -2.35. The summed E-state index contributed by atoms with van der Waals surface area (Å²) in [4.78, 5) is 4.16. The molecule has 18 rings (SSSR count). The molecule has 0 amide bonds. The van der Waals surface area contributed by atoms with Crippen LogP contribution in [0.2, 0.25) is 0 Å². The number of hydrogen-bond acceptors (Lipinski definition) is 2. The lowest BCUT2D eigenvalue weighted by Crippen LogP contribution is -2.34. The molecule has 0 N–H and O–H groups in total. The number of anilines is 6. The topological polar surface area (TPSA) is 6.48 Å². The SMILES string of the molecule is C=Cc1ccc(CC2(c3c(F)c(F)c(F)c(F)c3F)c3ccccc3-c3ccc(N(c4cccc5ccccc45)c4ccc(-c5ccc(N(c6ccc7c(c6)C(Cc6ccc(C=C)cc6)(c6c(F)c(F)c(F)c(F)c6F)c6ccccc6-7)c6cccc7ccccc67)c6ccccc56)c5ccccc45)cc32)cc1. The quantitative estimate of drug-likeness (QED) is 0.0573. The minimum Gasteiger partial charge on any atom is -0.309 e. The van der Waals surface area contributed by atoms with E-state index in [9.17, 15) is 0 Å². The first-order valence-electron chi connectivity index (χ1n) is 35.2. The van der Waals surface area contributed by atoms with E-state index in [4.69, 9.17) is 0 Å². The van der Waals surface area contributed by atoms with E-state index in [1.54, 1.807) is 109 Å². The molecule has 0 fully saturated rings. The van der Waals surface area contributed by atoms with E-state index >= 15 is 43.9 Å². The molecule has 2 atom stereocenters. The summed E-state index contributed by atoms with van der Waals surface area (Å²) in [6, 6.07) is 91.1. The van der Waals surface area contributed by atoms with Crippen molar-refractivity contribution in [3.63, 3.8) is 0 Å². The van der Waals surface area contributed by atoms with Gasteiger partial charge in [0, 0.05) is 44.0 Å². The van der Waals surface area contributed by atoms with Gasteiger partial charge in [0.2, 0.25) is 11.6 Å². The van der Waals surface area contributed by atoms with E-state index in [2.05, 4.69) is 35.1 Å². The van der Waals surface area contributed by atoms with Crippen LogP contribution in [0.15, 0.2) is 304 Å². The largest absolute Gasteiger partial charge is 0.309 e. The number of fused-ring (bicyclic) bond motifs is 10. The van der Waals surface area contributed by atoms with Gasteiger partial charge in [-0.15, -0.1) is 0 Å². The fourth-order valence-electron chi connectivity index (χ4n) is 17.2. The van der Waals surface area contributed by atoms with Crippen molar-refractivity contribution < 1.29 is 43.9 Å². The highest BCUT2D eigenvalue weighted by atomic mass is 19.2. The molecule has 108 heavy (non-hydrogen) atoms. The van der Waals surface area contributed by atoms with Crippen LogP contribution in [-0.4, -0.2) is 0 Å². The molecule has 522 valence electrons. The van der Waals surface area contributed by atoms with Crippen LogP contribution in [0.25, 0.3) is 88.6 Å². The van der Waals surface area contributed by atoms with Crippen LogP contribution in [0.1, 0.15) is 55.6 Å². The third-order valence-electron chi connectivity index (χ3n) is 22.0. The maximum atomic E-state index is 17.3. The molecular formula is C96H58F10N2. The average Bonchev–Trinajstić information content (AvgIpc) is 1.52. The van der Waals surface area contributed by atoms with Gasteiger partial charge in [-0.2, -0.15) is 0 Å². The first kappa shape index (κ1) is 66.9. The minimum absolute atomic E-state index is 0.214. The van der Waals surface area contributed by atoms with Crippen LogP contribution in [0.3, 0.4) is 0 Å². The Labute approximate surface area is 614 Å². The van der Waals surface area contributed by atoms with Gasteiger partial charge in [-0.25, -0.2) is 43.9 Å².